The molecule has 0 aliphatic carbocycles. The van der Waals surface area contributed by atoms with E-state index >= 15 is 0 Å². The lowest BCUT2D eigenvalue weighted by Gasteiger charge is -2.27. The first kappa shape index (κ1) is 13.9. The van der Waals surface area contributed by atoms with Gasteiger partial charge in [0.15, 0.2) is 0 Å². The Labute approximate surface area is 107 Å². The number of rotatable bonds is 5. The van der Waals surface area contributed by atoms with Crippen LogP contribution in [0.2, 0.25) is 0 Å². The molecule has 0 fully saturated rings. The first-order valence-electron chi connectivity index (χ1n) is 5.68. The molecule has 2 N–H and O–H groups in total. The van der Waals surface area contributed by atoms with Crippen LogP contribution in [0, 0.1) is 0 Å². The van der Waals surface area contributed by atoms with Crippen LogP contribution in [0.4, 0.5) is 5.69 Å². The average Bonchev–Trinajstić information content (AvgIpc) is 2.27. The van der Waals surface area contributed by atoms with Gasteiger partial charge in [-0.3, -0.25) is 4.79 Å². The molecule has 0 saturated heterocycles. The molecular weight excluding hydrogens is 232 g/mol. The van der Waals surface area contributed by atoms with Crippen LogP contribution in [0.3, 0.4) is 0 Å². The van der Waals surface area contributed by atoms with Crippen molar-refractivity contribution in [3.8, 4) is 0 Å². The maximum atomic E-state index is 12.0. The number of nitrogen functional groups attached to an aromatic ring is 1. The Bertz CT molecular complexity index is 379. The molecule has 0 unspecified atom stereocenters. The Balaban J connectivity index is 2.81. The lowest BCUT2D eigenvalue weighted by Crippen LogP contribution is -2.37. The number of hydrogen-bond acceptors (Lipinski definition) is 3. The maximum absolute atomic E-state index is 12.0. The highest BCUT2D eigenvalue weighted by molar-refractivity contribution is 7.99. The Kier molecular flexibility index (Phi) is 5.35. The smallest absolute Gasteiger partial charge is 0.233 e. The topological polar surface area (TPSA) is 46.3 Å². The molecule has 0 atom stereocenters. The highest BCUT2D eigenvalue weighted by Crippen LogP contribution is 2.16. The molecule has 1 aromatic rings. The minimum absolute atomic E-state index is 0.163. The van der Waals surface area contributed by atoms with E-state index in [0.29, 0.717) is 12.3 Å². The molecule has 0 radical (unpaired) electrons. The number of benzene rings is 1. The van der Waals surface area contributed by atoms with Crippen LogP contribution in [0.15, 0.2) is 24.3 Å². The molecule has 0 heterocycles. The van der Waals surface area contributed by atoms with Gasteiger partial charge in [0.1, 0.15) is 0 Å². The van der Waals surface area contributed by atoms with Crippen LogP contribution in [0.5, 0.6) is 0 Å². The van der Waals surface area contributed by atoms with Crippen molar-refractivity contribution in [3.63, 3.8) is 0 Å². The second kappa shape index (κ2) is 6.55. The molecule has 3 nitrogen and oxygen atoms in total. The fraction of sp³-hybridized carbons (Fsp3) is 0.462. The third kappa shape index (κ3) is 3.97. The molecule has 0 bridgehead atoms. The van der Waals surface area contributed by atoms with Gasteiger partial charge in [-0.25, -0.2) is 0 Å². The number of nitrogens with two attached hydrogens (primary N) is 1. The van der Waals surface area contributed by atoms with E-state index in [1.807, 2.05) is 49.3 Å². The maximum Gasteiger partial charge on any atom is 0.233 e. The Hall–Kier alpha value is -1.16. The molecule has 1 amide bonds. The van der Waals surface area contributed by atoms with E-state index < -0.39 is 0 Å². The van der Waals surface area contributed by atoms with Gasteiger partial charge in [-0.05, 0) is 31.7 Å². The number of nitrogens with zero attached hydrogens (tertiary/aromatic N) is 1. The number of thioether (sulfide) groups is 1. The predicted molar refractivity (Wildman–Crippen MR) is 74.9 cm³/mol. The first-order chi connectivity index (χ1) is 8.06. The van der Waals surface area contributed by atoms with Crippen molar-refractivity contribution in [3.05, 3.63) is 29.8 Å². The summed E-state index contributed by atoms with van der Waals surface area (Å²) in [5.41, 5.74) is 7.66. The van der Waals surface area contributed by atoms with Gasteiger partial charge in [0, 0.05) is 18.3 Å². The van der Waals surface area contributed by atoms with Crippen LogP contribution in [0.1, 0.15) is 19.4 Å². The van der Waals surface area contributed by atoms with Crippen molar-refractivity contribution in [2.75, 3.05) is 17.7 Å². The Morgan fingerprint density at radius 3 is 2.59 bits per heavy atom. The van der Waals surface area contributed by atoms with E-state index in [2.05, 4.69) is 0 Å². The van der Waals surface area contributed by atoms with Gasteiger partial charge in [0.05, 0.1) is 5.75 Å². The Morgan fingerprint density at radius 2 is 2.06 bits per heavy atom. The van der Waals surface area contributed by atoms with Gasteiger partial charge >= 0.3 is 0 Å². The summed E-state index contributed by atoms with van der Waals surface area (Å²) in [6.07, 6.45) is 1.94. The quantitative estimate of drug-likeness (QED) is 0.818. The molecule has 17 heavy (non-hydrogen) atoms. The molecule has 4 heteroatoms. The lowest BCUT2D eigenvalue weighted by molar-refractivity contribution is -0.130. The fourth-order valence-electron chi connectivity index (χ4n) is 1.63. The third-order valence-electron chi connectivity index (χ3n) is 2.61. The van der Waals surface area contributed by atoms with Gasteiger partial charge in [-0.2, -0.15) is 11.8 Å². The van der Waals surface area contributed by atoms with Crippen molar-refractivity contribution >= 4 is 23.4 Å². The van der Waals surface area contributed by atoms with Gasteiger partial charge in [0.2, 0.25) is 5.91 Å². The lowest BCUT2D eigenvalue weighted by atomic mass is 10.1. The van der Waals surface area contributed by atoms with Crippen molar-refractivity contribution in [2.45, 2.75) is 26.4 Å². The molecular formula is C13H20N2OS. The molecule has 0 saturated carbocycles. The SMILES string of the molecule is CSCC(=O)N(Cc1ccccc1N)C(C)C. The molecule has 94 valence electrons. The average molecular weight is 252 g/mol. The summed E-state index contributed by atoms with van der Waals surface area (Å²) < 4.78 is 0. The number of para-hydroxylation sites is 1. The number of anilines is 1. The minimum Gasteiger partial charge on any atom is -0.398 e. The Morgan fingerprint density at radius 1 is 1.41 bits per heavy atom. The second-order valence-electron chi connectivity index (χ2n) is 4.25. The normalized spacial score (nSPS) is 10.6. The summed E-state index contributed by atoms with van der Waals surface area (Å²) in [7, 11) is 0. The summed E-state index contributed by atoms with van der Waals surface area (Å²) in [6, 6.07) is 7.88. The summed E-state index contributed by atoms with van der Waals surface area (Å²) in [5, 5.41) is 0. The van der Waals surface area contributed by atoms with E-state index in [9.17, 15) is 4.79 Å². The van der Waals surface area contributed by atoms with E-state index in [4.69, 9.17) is 5.73 Å². The largest absolute Gasteiger partial charge is 0.398 e. The monoisotopic (exact) mass is 252 g/mol. The van der Waals surface area contributed by atoms with Gasteiger partial charge in [-0.1, -0.05) is 18.2 Å². The minimum atomic E-state index is 0.163. The van der Waals surface area contributed by atoms with Gasteiger partial charge in [-0.15, -0.1) is 0 Å². The third-order valence-corrected chi connectivity index (χ3v) is 3.14. The summed E-state index contributed by atoms with van der Waals surface area (Å²) in [5.74, 6) is 0.682. The van der Waals surface area contributed by atoms with Crippen molar-refractivity contribution in [2.24, 2.45) is 0 Å². The number of carbonyl (C=O) groups is 1. The zero-order valence-corrected chi connectivity index (χ0v) is 11.5. The zero-order valence-electron chi connectivity index (χ0n) is 10.6. The predicted octanol–water partition coefficient (Wildman–Crippen LogP) is 2.37. The van der Waals surface area contributed by atoms with Crippen molar-refractivity contribution in [1.29, 1.82) is 0 Å². The summed E-state index contributed by atoms with van der Waals surface area (Å²) >= 11 is 1.55. The number of hydrogen-bond donors (Lipinski definition) is 1. The standard InChI is InChI=1S/C13H20N2OS/c1-10(2)15(13(16)9-17-3)8-11-6-4-5-7-12(11)14/h4-7,10H,8-9,14H2,1-3H3. The van der Waals surface area contributed by atoms with Crippen LogP contribution in [-0.4, -0.2) is 28.9 Å². The first-order valence-corrected chi connectivity index (χ1v) is 7.07. The van der Waals surface area contributed by atoms with Crippen LogP contribution in [-0.2, 0) is 11.3 Å². The molecule has 0 spiro atoms. The van der Waals surface area contributed by atoms with Crippen molar-refractivity contribution < 1.29 is 4.79 Å². The van der Waals surface area contributed by atoms with Gasteiger partial charge in [0.25, 0.3) is 0 Å². The van der Waals surface area contributed by atoms with E-state index in [-0.39, 0.29) is 11.9 Å². The summed E-state index contributed by atoms with van der Waals surface area (Å²) in [6.45, 7) is 4.64. The van der Waals surface area contributed by atoms with E-state index in [1.54, 1.807) is 11.8 Å². The molecule has 0 aliphatic rings. The van der Waals surface area contributed by atoms with Gasteiger partial charge < -0.3 is 10.6 Å². The van der Waals surface area contributed by atoms with E-state index in [1.165, 1.54) is 0 Å². The number of carbonyl (C=O) groups excluding carboxylic acids is 1. The number of amides is 1. The second-order valence-corrected chi connectivity index (χ2v) is 5.11. The molecule has 1 rings (SSSR count). The van der Waals surface area contributed by atoms with Crippen LogP contribution in [0.25, 0.3) is 0 Å². The highest BCUT2D eigenvalue weighted by atomic mass is 32.2. The fourth-order valence-corrected chi connectivity index (χ4v) is 2.04. The van der Waals surface area contributed by atoms with E-state index in [0.717, 1.165) is 11.3 Å². The highest BCUT2D eigenvalue weighted by Gasteiger charge is 2.17. The summed E-state index contributed by atoms with van der Waals surface area (Å²) in [4.78, 5) is 13.8. The van der Waals surface area contributed by atoms with Crippen LogP contribution >= 0.6 is 11.8 Å². The molecule has 1 aromatic carbocycles. The molecule has 0 aliphatic heterocycles. The zero-order chi connectivity index (χ0) is 12.8. The molecule has 0 aromatic heterocycles. The van der Waals surface area contributed by atoms with Crippen molar-refractivity contribution in [1.82, 2.24) is 4.90 Å². The van der Waals surface area contributed by atoms with Crippen LogP contribution < -0.4 is 5.73 Å².